The van der Waals surface area contributed by atoms with Crippen molar-refractivity contribution < 1.29 is 18.9 Å². The zero-order chi connectivity index (χ0) is 27.2. The van der Waals surface area contributed by atoms with Gasteiger partial charge in [0.15, 0.2) is 5.76 Å². The number of nitrogens with zero attached hydrogens (tertiary/aromatic N) is 1. The summed E-state index contributed by atoms with van der Waals surface area (Å²) in [5.74, 6) is 0.0357. The molecular formula is C32H27NO5P+. The Hall–Kier alpha value is -4.54. The zero-order valence-corrected chi connectivity index (χ0v) is 22.3. The Balaban J connectivity index is 1.74. The highest BCUT2D eigenvalue weighted by molar-refractivity contribution is 7.95. The number of benzene rings is 4. The number of carbonyl (C=O) groups excluding carboxylic acids is 1. The van der Waals surface area contributed by atoms with Crippen molar-refractivity contribution in [3.05, 3.63) is 143 Å². The van der Waals surface area contributed by atoms with E-state index >= 15 is 0 Å². The average Bonchev–Trinajstić information content (AvgIpc) is 3.41. The molecule has 194 valence electrons. The van der Waals surface area contributed by atoms with Crippen molar-refractivity contribution in [1.29, 1.82) is 0 Å². The second-order valence-electron chi connectivity index (χ2n) is 8.95. The van der Waals surface area contributed by atoms with Crippen LogP contribution < -0.4 is 15.9 Å². The minimum absolute atomic E-state index is 0.0256. The maximum Gasteiger partial charge on any atom is 0.342 e. The summed E-state index contributed by atoms with van der Waals surface area (Å²) in [4.78, 5) is 24.2. The number of nitro benzene ring substituents is 1. The van der Waals surface area contributed by atoms with E-state index in [9.17, 15) is 14.9 Å². The molecule has 39 heavy (non-hydrogen) atoms. The predicted octanol–water partition coefficient (Wildman–Crippen LogP) is 6.53. The average molecular weight is 537 g/mol. The number of hydrogen-bond donors (Lipinski definition) is 0. The van der Waals surface area contributed by atoms with Crippen LogP contribution in [0.1, 0.15) is 23.0 Å². The van der Waals surface area contributed by atoms with Gasteiger partial charge in [-0.3, -0.25) is 10.1 Å². The summed E-state index contributed by atoms with van der Waals surface area (Å²) in [5, 5.41) is 14.7. The quantitative estimate of drug-likeness (QED) is 0.0926. The van der Waals surface area contributed by atoms with Gasteiger partial charge in [-0.15, -0.1) is 0 Å². The van der Waals surface area contributed by atoms with Gasteiger partial charge in [-0.1, -0.05) is 54.6 Å². The van der Waals surface area contributed by atoms with Gasteiger partial charge in [0.25, 0.3) is 5.69 Å². The first-order chi connectivity index (χ1) is 19.0. The predicted molar refractivity (Wildman–Crippen MR) is 156 cm³/mol. The van der Waals surface area contributed by atoms with E-state index in [2.05, 4.69) is 36.4 Å². The lowest BCUT2D eigenvalue weighted by molar-refractivity contribution is -0.384. The highest BCUT2D eigenvalue weighted by Gasteiger charge is 2.47. The molecule has 5 aromatic rings. The van der Waals surface area contributed by atoms with E-state index in [0.717, 1.165) is 15.9 Å². The Bertz CT molecular complexity index is 1470. The first kappa shape index (κ1) is 26.1. The fourth-order valence-corrected chi connectivity index (χ4v) is 9.05. The van der Waals surface area contributed by atoms with Gasteiger partial charge in [0.05, 0.1) is 17.8 Å². The SMILES string of the molecule is CCOC(=O)c1c(-c2ccc([N+](=O)[O-])cc2)coc1C[P+](c1ccccc1)(c1ccccc1)c1ccccc1. The van der Waals surface area contributed by atoms with Gasteiger partial charge in [0, 0.05) is 17.7 Å². The minimum Gasteiger partial charge on any atom is -0.464 e. The van der Waals surface area contributed by atoms with Gasteiger partial charge < -0.3 is 9.15 Å². The van der Waals surface area contributed by atoms with Crippen molar-refractivity contribution in [2.24, 2.45) is 0 Å². The van der Waals surface area contributed by atoms with E-state index in [-0.39, 0.29) is 12.3 Å². The largest absolute Gasteiger partial charge is 0.464 e. The van der Waals surface area contributed by atoms with E-state index < -0.39 is 18.2 Å². The second-order valence-corrected chi connectivity index (χ2v) is 12.4. The van der Waals surface area contributed by atoms with Gasteiger partial charge in [0.1, 0.15) is 34.9 Å². The molecule has 0 radical (unpaired) electrons. The van der Waals surface area contributed by atoms with E-state index in [4.69, 9.17) is 9.15 Å². The van der Waals surface area contributed by atoms with E-state index in [0.29, 0.717) is 28.6 Å². The molecule has 0 unspecified atom stereocenters. The molecule has 0 fully saturated rings. The van der Waals surface area contributed by atoms with Gasteiger partial charge in [-0.25, -0.2) is 4.79 Å². The topological polar surface area (TPSA) is 82.6 Å². The third kappa shape index (κ3) is 5.12. The third-order valence-corrected chi connectivity index (χ3v) is 11.0. The lowest BCUT2D eigenvalue weighted by Crippen LogP contribution is -2.32. The molecule has 1 aromatic heterocycles. The molecule has 0 atom stereocenters. The summed E-state index contributed by atoms with van der Waals surface area (Å²) in [6, 6.07) is 37.1. The molecule has 0 saturated heterocycles. The number of esters is 1. The van der Waals surface area contributed by atoms with Crippen LogP contribution in [0.4, 0.5) is 5.69 Å². The van der Waals surface area contributed by atoms with Crippen LogP contribution in [0.5, 0.6) is 0 Å². The number of ether oxygens (including phenoxy) is 1. The van der Waals surface area contributed by atoms with Crippen molar-refractivity contribution >= 4 is 34.8 Å². The Morgan fingerprint density at radius 3 is 1.72 bits per heavy atom. The minimum atomic E-state index is -2.35. The molecule has 0 aliphatic heterocycles. The summed E-state index contributed by atoms with van der Waals surface area (Å²) < 4.78 is 11.7. The molecule has 1 heterocycles. The first-order valence-corrected chi connectivity index (χ1v) is 14.6. The van der Waals surface area contributed by atoms with Crippen LogP contribution >= 0.6 is 7.26 Å². The maximum absolute atomic E-state index is 13.4. The number of rotatable bonds is 9. The Kier molecular flexibility index (Phi) is 7.67. The van der Waals surface area contributed by atoms with Crippen LogP contribution in [0.15, 0.2) is 126 Å². The molecule has 0 bridgehead atoms. The normalized spacial score (nSPS) is 11.2. The van der Waals surface area contributed by atoms with Crippen LogP contribution in [-0.4, -0.2) is 17.5 Å². The van der Waals surface area contributed by atoms with E-state index in [1.54, 1.807) is 25.3 Å². The number of carbonyl (C=O) groups is 1. The van der Waals surface area contributed by atoms with E-state index in [1.165, 1.54) is 12.1 Å². The number of nitro groups is 1. The van der Waals surface area contributed by atoms with Crippen molar-refractivity contribution in [2.45, 2.75) is 13.1 Å². The Morgan fingerprint density at radius 1 is 0.795 bits per heavy atom. The fraction of sp³-hybridized carbons (Fsp3) is 0.0938. The first-order valence-electron chi connectivity index (χ1n) is 12.6. The zero-order valence-electron chi connectivity index (χ0n) is 21.4. The summed E-state index contributed by atoms with van der Waals surface area (Å²) in [7, 11) is -2.35. The molecule has 0 saturated carbocycles. The molecule has 0 aliphatic rings. The van der Waals surface area contributed by atoms with E-state index in [1.807, 2.05) is 54.6 Å². The lowest BCUT2D eigenvalue weighted by atomic mass is 10.0. The Morgan fingerprint density at radius 2 is 1.28 bits per heavy atom. The summed E-state index contributed by atoms with van der Waals surface area (Å²) in [5.41, 5.74) is 1.51. The Labute approximate surface area is 227 Å². The number of hydrogen-bond acceptors (Lipinski definition) is 5. The number of non-ortho nitro benzene ring substituents is 1. The van der Waals surface area contributed by atoms with Gasteiger partial charge in [0.2, 0.25) is 0 Å². The van der Waals surface area contributed by atoms with Gasteiger partial charge in [-0.05, 0) is 61.0 Å². The highest BCUT2D eigenvalue weighted by atomic mass is 31.2. The van der Waals surface area contributed by atoms with Crippen LogP contribution in [0.2, 0.25) is 0 Å². The molecule has 5 rings (SSSR count). The molecule has 0 spiro atoms. The standard InChI is InChI=1S/C32H27NO5P/c1-2-37-32(34)31-29(24-18-20-25(21-19-24)33(35)36)22-38-30(31)23-39(26-12-6-3-7-13-26,27-14-8-4-9-15-27)28-16-10-5-11-17-28/h3-22H,2,23H2,1H3/q+1. The smallest absolute Gasteiger partial charge is 0.342 e. The fourth-order valence-electron chi connectivity index (χ4n) is 4.90. The molecule has 7 heteroatoms. The second kappa shape index (κ2) is 11.5. The van der Waals surface area contributed by atoms with Crippen LogP contribution in [0, 0.1) is 10.1 Å². The molecule has 6 nitrogen and oxygen atoms in total. The maximum atomic E-state index is 13.4. The summed E-state index contributed by atoms with van der Waals surface area (Å²) >= 11 is 0. The van der Waals surface area contributed by atoms with Gasteiger partial charge in [-0.2, -0.15) is 0 Å². The van der Waals surface area contributed by atoms with Crippen LogP contribution in [-0.2, 0) is 10.9 Å². The van der Waals surface area contributed by atoms with Crippen molar-refractivity contribution in [3.63, 3.8) is 0 Å². The number of furan rings is 1. The monoisotopic (exact) mass is 536 g/mol. The molecule has 0 aliphatic carbocycles. The van der Waals surface area contributed by atoms with Crippen molar-refractivity contribution in [3.8, 4) is 11.1 Å². The lowest BCUT2D eigenvalue weighted by Gasteiger charge is -2.27. The molecule has 4 aromatic carbocycles. The highest BCUT2D eigenvalue weighted by Crippen LogP contribution is 2.59. The molecule has 0 N–H and O–H groups in total. The van der Waals surface area contributed by atoms with Crippen LogP contribution in [0.3, 0.4) is 0 Å². The third-order valence-electron chi connectivity index (χ3n) is 6.71. The molecule has 0 amide bonds. The van der Waals surface area contributed by atoms with Crippen molar-refractivity contribution in [2.75, 3.05) is 6.61 Å². The van der Waals surface area contributed by atoms with Crippen molar-refractivity contribution in [1.82, 2.24) is 0 Å². The van der Waals surface area contributed by atoms with Gasteiger partial charge >= 0.3 is 5.97 Å². The van der Waals surface area contributed by atoms with Crippen LogP contribution in [0.25, 0.3) is 11.1 Å². The summed E-state index contributed by atoms with van der Waals surface area (Å²) in [6.07, 6.45) is 2.00. The summed E-state index contributed by atoms with van der Waals surface area (Å²) in [6.45, 7) is 1.97. The molecular weight excluding hydrogens is 509 g/mol.